The van der Waals surface area contributed by atoms with Gasteiger partial charge in [-0.3, -0.25) is 15.0 Å². The molecule has 1 N–H and O–H groups in total. The van der Waals surface area contributed by atoms with Gasteiger partial charge in [-0.2, -0.15) is 0 Å². The minimum atomic E-state index is -0.629. The second-order valence-electron chi connectivity index (χ2n) is 4.79. The highest BCUT2D eigenvalue weighted by atomic mass is 35.5. The number of nitrogens with one attached hydrogen (secondary N) is 1. The summed E-state index contributed by atoms with van der Waals surface area (Å²) in [4.78, 5) is 24.3. The van der Waals surface area contributed by atoms with E-state index < -0.39 is 23.4 Å². The van der Waals surface area contributed by atoms with Crippen LogP contribution in [-0.2, 0) is 9.59 Å². The fourth-order valence-corrected chi connectivity index (χ4v) is 2.26. The first-order valence-corrected chi connectivity index (χ1v) is 6.91. The van der Waals surface area contributed by atoms with Crippen LogP contribution < -0.4 is 10.4 Å². The standard InChI is InChI=1S/C16H9ClF2N2O2/c17-13-8-11(5-6-14(13)19)21-16(23)12(15(22)20-21)7-9-1-3-10(18)4-2-9/h1-8H,(H,20,22). The molecule has 0 aliphatic carbocycles. The van der Waals surface area contributed by atoms with Crippen molar-refractivity contribution in [3.05, 3.63) is 70.3 Å². The van der Waals surface area contributed by atoms with Crippen LogP contribution in [0.3, 0.4) is 0 Å². The van der Waals surface area contributed by atoms with Crippen molar-refractivity contribution >= 4 is 35.2 Å². The third-order valence-electron chi connectivity index (χ3n) is 3.23. The van der Waals surface area contributed by atoms with Crippen molar-refractivity contribution in [2.75, 3.05) is 5.01 Å². The average Bonchev–Trinajstić information content (AvgIpc) is 2.80. The molecule has 2 aromatic carbocycles. The van der Waals surface area contributed by atoms with E-state index in [-0.39, 0.29) is 16.3 Å². The van der Waals surface area contributed by atoms with Crippen LogP contribution in [-0.4, -0.2) is 11.8 Å². The first-order chi connectivity index (χ1) is 11.0. The van der Waals surface area contributed by atoms with Gasteiger partial charge in [0.05, 0.1) is 10.7 Å². The van der Waals surface area contributed by atoms with E-state index >= 15 is 0 Å². The lowest BCUT2D eigenvalue weighted by Crippen LogP contribution is -2.35. The van der Waals surface area contributed by atoms with Crippen LogP contribution in [0.2, 0.25) is 5.02 Å². The van der Waals surface area contributed by atoms with Gasteiger partial charge in [-0.05, 0) is 42.0 Å². The van der Waals surface area contributed by atoms with Crippen molar-refractivity contribution in [3.63, 3.8) is 0 Å². The minimum absolute atomic E-state index is 0.114. The molecule has 0 aromatic heterocycles. The molecule has 3 rings (SSSR count). The summed E-state index contributed by atoms with van der Waals surface area (Å²) in [6.07, 6.45) is 1.35. The van der Waals surface area contributed by atoms with E-state index in [2.05, 4.69) is 5.43 Å². The van der Waals surface area contributed by atoms with E-state index in [4.69, 9.17) is 11.6 Å². The normalized spacial score (nSPS) is 16.1. The Labute approximate surface area is 134 Å². The fourth-order valence-electron chi connectivity index (χ4n) is 2.09. The summed E-state index contributed by atoms with van der Waals surface area (Å²) in [6.45, 7) is 0. The molecule has 0 unspecified atom stereocenters. The SMILES string of the molecule is O=C1NN(c2ccc(F)c(Cl)c2)C(=O)C1=Cc1ccc(F)cc1. The van der Waals surface area contributed by atoms with Gasteiger partial charge in [0.2, 0.25) is 0 Å². The van der Waals surface area contributed by atoms with Crippen LogP contribution in [0.4, 0.5) is 14.5 Å². The zero-order valence-corrected chi connectivity index (χ0v) is 12.3. The maximum Gasteiger partial charge on any atom is 0.282 e. The Kier molecular flexibility index (Phi) is 3.83. The molecule has 1 aliphatic heterocycles. The molecule has 1 saturated heterocycles. The van der Waals surface area contributed by atoms with Crippen LogP contribution in [0.1, 0.15) is 5.56 Å². The summed E-state index contributed by atoms with van der Waals surface area (Å²) in [6, 6.07) is 8.98. The summed E-state index contributed by atoms with van der Waals surface area (Å²) in [5.41, 5.74) is 2.99. The van der Waals surface area contributed by atoms with Crippen molar-refractivity contribution in [2.24, 2.45) is 0 Å². The molecule has 1 fully saturated rings. The summed E-state index contributed by atoms with van der Waals surface area (Å²) in [5.74, 6) is -2.27. The molecule has 7 heteroatoms. The topological polar surface area (TPSA) is 49.4 Å². The van der Waals surface area contributed by atoms with Gasteiger partial charge in [0, 0.05) is 0 Å². The Morgan fingerprint density at radius 3 is 2.39 bits per heavy atom. The highest BCUT2D eigenvalue weighted by Gasteiger charge is 2.34. The van der Waals surface area contributed by atoms with Crippen molar-refractivity contribution in [3.8, 4) is 0 Å². The summed E-state index contributed by atoms with van der Waals surface area (Å²) >= 11 is 5.68. The van der Waals surface area contributed by atoms with E-state index in [1.807, 2.05) is 0 Å². The number of nitrogens with zero attached hydrogens (tertiary/aromatic N) is 1. The number of rotatable bonds is 2. The van der Waals surface area contributed by atoms with E-state index in [1.165, 1.54) is 42.5 Å². The molecule has 0 bridgehead atoms. The van der Waals surface area contributed by atoms with Crippen molar-refractivity contribution in [1.29, 1.82) is 0 Å². The summed E-state index contributed by atoms with van der Waals surface area (Å²) < 4.78 is 26.1. The lowest BCUT2D eigenvalue weighted by atomic mass is 10.1. The van der Waals surface area contributed by atoms with Gasteiger partial charge in [0.1, 0.15) is 17.2 Å². The number of amides is 2. The minimum Gasteiger partial charge on any atom is -0.267 e. The van der Waals surface area contributed by atoms with E-state index in [9.17, 15) is 18.4 Å². The van der Waals surface area contributed by atoms with Gasteiger partial charge in [0.15, 0.2) is 0 Å². The monoisotopic (exact) mass is 334 g/mol. The quantitative estimate of drug-likeness (QED) is 0.678. The molecule has 0 spiro atoms. The van der Waals surface area contributed by atoms with Gasteiger partial charge >= 0.3 is 0 Å². The lowest BCUT2D eigenvalue weighted by Gasteiger charge is -2.14. The molecular weight excluding hydrogens is 326 g/mol. The predicted octanol–water partition coefficient (Wildman–Crippen LogP) is 3.08. The molecule has 1 heterocycles. The molecule has 2 aromatic rings. The van der Waals surface area contributed by atoms with E-state index in [0.29, 0.717) is 5.56 Å². The highest BCUT2D eigenvalue weighted by molar-refractivity contribution is 6.33. The van der Waals surface area contributed by atoms with Crippen LogP contribution in [0.25, 0.3) is 6.08 Å². The number of carbonyl (C=O) groups excluding carboxylic acids is 2. The summed E-state index contributed by atoms with van der Waals surface area (Å²) in [7, 11) is 0. The first kappa shape index (κ1) is 15.2. The third kappa shape index (κ3) is 2.93. The molecule has 1 aliphatic rings. The molecule has 0 radical (unpaired) electrons. The Morgan fingerprint density at radius 2 is 1.74 bits per heavy atom. The smallest absolute Gasteiger partial charge is 0.267 e. The molecule has 0 atom stereocenters. The van der Waals surface area contributed by atoms with Gasteiger partial charge in [-0.25, -0.2) is 13.8 Å². The predicted molar refractivity (Wildman–Crippen MR) is 81.4 cm³/mol. The zero-order chi connectivity index (χ0) is 16.6. The van der Waals surface area contributed by atoms with Gasteiger partial charge in [-0.1, -0.05) is 23.7 Å². The van der Waals surface area contributed by atoms with Crippen LogP contribution >= 0.6 is 11.6 Å². The number of hydrazine groups is 1. The largest absolute Gasteiger partial charge is 0.282 e. The number of halogens is 3. The Morgan fingerprint density at radius 1 is 1.04 bits per heavy atom. The maximum atomic E-state index is 13.2. The second-order valence-corrected chi connectivity index (χ2v) is 5.20. The Bertz CT molecular complexity index is 834. The number of anilines is 1. The van der Waals surface area contributed by atoms with Crippen molar-refractivity contribution < 1.29 is 18.4 Å². The zero-order valence-electron chi connectivity index (χ0n) is 11.5. The number of benzene rings is 2. The second kappa shape index (κ2) is 5.81. The maximum absolute atomic E-state index is 13.2. The average molecular weight is 335 g/mol. The number of hydrogen-bond acceptors (Lipinski definition) is 2. The van der Waals surface area contributed by atoms with Gasteiger partial charge in [0.25, 0.3) is 11.8 Å². The van der Waals surface area contributed by atoms with E-state index in [1.54, 1.807) is 0 Å². The molecule has 4 nitrogen and oxygen atoms in total. The van der Waals surface area contributed by atoms with Gasteiger partial charge in [-0.15, -0.1) is 0 Å². The highest BCUT2D eigenvalue weighted by Crippen LogP contribution is 2.25. The van der Waals surface area contributed by atoms with Gasteiger partial charge < -0.3 is 0 Å². The molecule has 23 heavy (non-hydrogen) atoms. The Hall–Kier alpha value is -2.73. The summed E-state index contributed by atoms with van der Waals surface area (Å²) in [5, 5.41) is 0.809. The Balaban J connectivity index is 1.93. The number of carbonyl (C=O) groups is 2. The lowest BCUT2D eigenvalue weighted by molar-refractivity contribution is -0.117. The first-order valence-electron chi connectivity index (χ1n) is 6.53. The van der Waals surface area contributed by atoms with Crippen molar-refractivity contribution in [2.45, 2.75) is 0 Å². The van der Waals surface area contributed by atoms with Crippen LogP contribution in [0.15, 0.2) is 48.0 Å². The van der Waals surface area contributed by atoms with E-state index in [0.717, 1.165) is 11.1 Å². The molecule has 0 saturated carbocycles. The fraction of sp³-hybridized carbons (Fsp3) is 0. The van der Waals surface area contributed by atoms with Crippen LogP contribution in [0, 0.1) is 11.6 Å². The molecule has 2 amide bonds. The third-order valence-corrected chi connectivity index (χ3v) is 3.52. The molecular formula is C16H9ClF2N2O2. The van der Waals surface area contributed by atoms with Crippen LogP contribution in [0.5, 0.6) is 0 Å². The molecule has 116 valence electrons. The van der Waals surface area contributed by atoms with Crippen molar-refractivity contribution in [1.82, 2.24) is 5.43 Å². The number of hydrogen-bond donors (Lipinski definition) is 1.